The lowest BCUT2D eigenvalue weighted by Crippen LogP contribution is -2.01. The van der Waals surface area contributed by atoms with Crippen LogP contribution in [-0.4, -0.2) is 19.5 Å². The van der Waals surface area contributed by atoms with Crippen molar-refractivity contribution in [3.8, 4) is 39.9 Å². The minimum absolute atomic E-state index is 0.563. The fourth-order valence-corrected chi connectivity index (χ4v) is 8.86. The zero-order valence-corrected chi connectivity index (χ0v) is 27.9. The van der Waals surface area contributed by atoms with Crippen LogP contribution < -0.4 is 0 Å². The van der Waals surface area contributed by atoms with Crippen molar-refractivity contribution in [3.05, 3.63) is 158 Å². The minimum atomic E-state index is 0.563. The van der Waals surface area contributed by atoms with E-state index < -0.39 is 0 Å². The third kappa shape index (κ3) is 4.24. The predicted molar refractivity (Wildman–Crippen MR) is 211 cm³/mol. The lowest BCUT2D eigenvalue weighted by molar-refractivity contribution is 0.669. The van der Waals surface area contributed by atoms with E-state index in [0.29, 0.717) is 17.5 Å². The number of nitrogens with zero attached hydrogens (tertiary/aromatic N) is 4. The molecule has 6 heteroatoms. The van der Waals surface area contributed by atoms with E-state index in [4.69, 9.17) is 19.4 Å². The lowest BCUT2D eigenvalue weighted by atomic mass is 10.1. The second-order valence-electron chi connectivity index (χ2n) is 12.8. The normalized spacial score (nSPS) is 11.9. The molecule has 0 bridgehead atoms. The zero-order valence-electron chi connectivity index (χ0n) is 27.1. The molecule has 51 heavy (non-hydrogen) atoms. The fourth-order valence-electron chi connectivity index (χ4n) is 7.60. The van der Waals surface area contributed by atoms with Crippen LogP contribution in [0.4, 0.5) is 0 Å². The summed E-state index contributed by atoms with van der Waals surface area (Å²) < 4.78 is 11.8. The summed E-state index contributed by atoms with van der Waals surface area (Å²) in [6.07, 6.45) is 0. The van der Waals surface area contributed by atoms with Gasteiger partial charge in [-0.15, -0.1) is 11.3 Å². The van der Waals surface area contributed by atoms with Crippen molar-refractivity contribution < 1.29 is 4.42 Å². The number of hydrogen-bond acceptors (Lipinski definition) is 5. The van der Waals surface area contributed by atoms with Gasteiger partial charge >= 0.3 is 0 Å². The molecule has 0 radical (unpaired) electrons. The van der Waals surface area contributed by atoms with Gasteiger partial charge in [-0.25, -0.2) is 15.0 Å². The Morgan fingerprint density at radius 2 is 1.08 bits per heavy atom. The van der Waals surface area contributed by atoms with Gasteiger partial charge < -0.3 is 8.98 Å². The SMILES string of the molecule is c1ccc(-c2nc(-c3ccccc3)nc(-c3ccc(-n4c5ccccc5c5c6sc7ccccc7c6ccc54)c4c3oc3ccccc34)n2)cc1. The van der Waals surface area contributed by atoms with Crippen LogP contribution in [-0.2, 0) is 0 Å². The van der Waals surface area contributed by atoms with Crippen molar-refractivity contribution in [2.24, 2.45) is 0 Å². The Kier molecular flexibility index (Phi) is 6.05. The van der Waals surface area contributed by atoms with Crippen LogP contribution in [0.5, 0.6) is 0 Å². The van der Waals surface area contributed by atoms with Crippen LogP contribution >= 0.6 is 11.3 Å². The van der Waals surface area contributed by atoms with Gasteiger partial charge in [0.1, 0.15) is 11.2 Å². The van der Waals surface area contributed by atoms with E-state index in [9.17, 15) is 0 Å². The molecule has 11 aromatic rings. The fraction of sp³-hybridized carbons (Fsp3) is 0. The summed E-state index contributed by atoms with van der Waals surface area (Å²) >= 11 is 1.87. The average molecular weight is 671 g/mol. The topological polar surface area (TPSA) is 56.7 Å². The van der Waals surface area contributed by atoms with Gasteiger partial charge in [0.05, 0.1) is 27.7 Å². The van der Waals surface area contributed by atoms with Crippen molar-refractivity contribution in [2.75, 3.05) is 0 Å². The maximum Gasteiger partial charge on any atom is 0.167 e. The summed E-state index contributed by atoms with van der Waals surface area (Å²) in [7, 11) is 0. The Bertz CT molecular complexity index is 3080. The predicted octanol–water partition coefficient (Wildman–Crippen LogP) is 12.2. The number of thiophene rings is 1. The number of rotatable bonds is 4. The van der Waals surface area contributed by atoms with Crippen LogP contribution in [0.2, 0.25) is 0 Å². The first-order chi connectivity index (χ1) is 25.3. The molecule has 0 unspecified atom stereocenters. The second kappa shape index (κ2) is 10.9. The highest BCUT2D eigenvalue weighted by atomic mass is 32.1. The number of hydrogen-bond donors (Lipinski definition) is 0. The molecule has 0 aliphatic carbocycles. The molecule has 4 aromatic heterocycles. The van der Waals surface area contributed by atoms with Gasteiger partial charge in [-0.05, 0) is 36.4 Å². The molecule has 0 fully saturated rings. The largest absolute Gasteiger partial charge is 0.455 e. The summed E-state index contributed by atoms with van der Waals surface area (Å²) in [5, 5.41) is 7.15. The third-order valence-electron chi connectivity index (χ3n) is 9.87. The molecule has 0 N–H and O–H groups in total. The standard InChI is InChI=1S/C45H26N4OS/c1-3-13-27(14-4-1)43-46-44(28-15-5-2-6-16-28)48-45(47-43)33-24-26-35(39-32-19-8-11-21-37(32)50-41(33)39)49-34-20-10-7-18-31(34)40-36(49)25-23-30-29-17-9-12-22-38(29)51-42(30)40/h1-26H. The summed E-state index contributed by atoms with van der Waals surface area (Å²) in [4.78, 5) is 15.1. The van der Waals surface area contributed by atoms with Gasteiger partial charge in [0.15, 0.2) is 17.5 Å². The van der Waals surface area contributed by atoms with Crippen molar-refractivity contribution in [1.82, 2.24) is 19.5 Å². The number of para-hydroxylation sites is 2. The quantitative estimate of drug-likeness (QED) is 0.187. The Hall–Kier alpha value is -6.63. The van der Waals surface area contributed by atoms with Gasteiger partial charge in [-0.2, -0.15) is 0 Å². The maximum absolute atomic E-state index is 6.79. The Morgan fingerprint density at radius 1 is 0.451 bits per heavy atom. The van der Waals surface area contributed by atoms with Crippen molar-refractivity contribution >= 4 is 75.3 Å². The van der Waals surface area contributed by atoms with Crippen molar-refractivity contribution in [3.63, 3.8) is 0 Å². The van der Waals surface area contributed by atoms with Gasteiger partial charge in [0.25, 0.3) is 0 Å². The van der Waals surface area contributed by atoms with Crippen molar-refractivity contribution in [1.29, 1.82) is 0 Å². The minimum Gasteiger partial charge on any atom is -0.455 e. The second-order valence-corrected chi connectivity index (χ2v) is 13.8. The van der Waals surface area contributed by atoms with Gasteiger partial charge in [-0.3, -0.25) is 0 Å². The molecule has 238 valence electrons. The highest BCUT2D eigenvalue weighted by Crippen LogP contribution is 2.46. The van der Waals surface area contributed by atoms with Gasteiger partial charge in [0, 0.05) is 47.5 Å². The van der Waals surface area contributed by atoms with E-state index in [0.717, 1.165) is 55.3 Å². The summed E-state index contributed by atoms with van der Waals surface area (Å²) in [5.74, 6) is 1.79. The molecular weight excluding hydrogens is 645 g/mol. The Labute approximate surface area is 295 Å². The average Bonchev–Trinajstić information content (AvgIpc) is 3.88. The summed E-state index contributed by atoms with van der Waals surface area (Å²) in [6, 6.07) is 54.7. The first-order valence-electron chi connectivity index (χ1n) is 17.0. The van der Waals surface area contributed by atoms with Crippen LogP contribution in [0, 0.1) is 0 Å². The molecule has 0 spiro atoms. The molecule has 11 rings (SSSR count). The molecule has 0 atom stereocenters. The van der Waals surface area contributed by atoms with E-state index in [1.165, 1.54) is 30.9 Å². The van der Waals surface area contributed by atoms with E-state index >= 15 is 0 Å². The number of benzene rings is 7. The van der Waals surface area contributed by atoms with Gasteiger partial charge in [0.2, 0.25) is 0 Å². The number of furan rings is 1. The first kappa shape index (κ1) is 28.2. The Morgan fingerprint density at radius 3 is 1.84 bits per heavy atom. The molecule has 0 saturated heterocycles. The molecule has 5 nitrogen and oxygen atoms in total. The highest BCUT2D eigenvalue weighted by Gasteiger charge is 2.24. The van der Waals surface area contributed by atoms with E-state index in [2.05, 4.69) is 89.5 Å². The molecule has 4 heterocycles. The van der Waals surface area contributed by atoms with Crippen LogP contribution in [0.25, 0.3) is 104 Å². The van der Waals surface area contributed by atoms with Gasteiger partial charge in [-0.1, -0.05) is 121 Å². The summed E-state index contributed by atoms with van der Waals surface area (Å²) in [6.45, 7) is 0. The van der Waals surface area contributed by atoms with E-state index in [-0.39, 0.29) is 0 Å². The molecular formula is C45H26N4OS. The molecule has 7 aromatic carbocycles. The maximum atomic E-state index is 6.79. The molecule has 0 saturated carbocycles. The van der Waals surface area contributed by atoms with E-state index in [1.807, 2.05) is 84.1 Å². The highest BCUT2D eigenvalue weighted by molar-refractivity contribution is 7.26. The molecule has 0 amide bonds. The van der Waals surface area contributed by atoms with E-state index in [1.54, 1.807) is 0 Å². The number of fused-ring (bicyclic) bond motifs is 10. The lowest BCUT2D eigenvalue weighted by Gasteiger charge is -2.13. The first-order valence-corrected chi connectivity index (χ1v) is 17.8. The molecule has 0 aliphatic heterocycles. The van der Waals surface area contributed by atoms with Crippen molar-refractivity contribution in [2.45, 2.75) is 0 Å². The smallest absolute Gasteiger partial charge is 0.167 e. The molecule has 0 aliphatic rings. The zero-order chi connectivity index (χ0) is 33.5. The Balaban J connectivity index is 1.23. The third-order valence-corrected chi connectivity index (χ3v) is 11.1. The number of aromatic nitrogens is 4. The van der Waals surface area contributed by atoms with Crippen LogP contribution in [0.15, 0.2) is 162 Å². The van der Waals surface area contributed by atoms with Crippen LogP contribution in [0.3, 0.4) is 0 Å². The monoisotopic (exact) mass is 670 g/mol. The van der Waals surface area contributed by atoms with Crippen LogP contribution in [0.1, 0.15) is 0 Å². The summed E-state index contributed by atoms with van der Waals surface area (Å²) in [5.41, 5.74) is 7.58.